The maximum atomic E-state index is 11.9. The molecule has 130 valence electrons. The second-order valence-corrected chi connectivity index (χ2v) is 9.42. The lowest BCUT2D eigenvalue weighted by Gasteiger charge is -2.21. The zero-order chi connectivity index (χ0) is 16.0. The molecular formula is C11H28ClN3O4S2. The van der Waals surface area contributed by atoms with Crippen molar-refractivity contribution in [3.63, 3.8) is 0 Å². The third-order valence-electron chi connectivity index (χ3n) is 3.17. The normalized spacial score (nSPS) is 14.2. The first-order valence-electron chi connectivity index (χ1n) is 6.68. The van der Waals surface area contributed by atoms with Gasteiger partial charge < -0.3 is 5.73 Å². The van der Waals surface area contributed by atoms with Crippen molar-refractivity contribution in [2.45, 2.75) is 33.2 Å². The topological polar surface area (TPSA) is 110 Å². The van der Waals surface area contributed by atoms with Gasteiger partial charge in [0.15, 0.2) is 0 Å². The molecular weight excluding hydrogens is 338 g/mol. The van der Waals surface area contributed by atoms with Gasteiger partial charge >= 0.3 is 0 Å². The van der Waals surface area contributed by atoms with Crippen LogP contribution in [0.1, 0.15) is 27.2 Å². The molecule has 0 radical (unpaired) electrons. The van der Waals surface area contributed by atoms with Crippen molar-refractivity contribution in [2.75, 3.05) is 31.6 Å². The molecule has 0 aromatic heterocycles. The molecule has 0 saturated heterocycles. The largest absolute Gasteiger partial charge is 0.327 e. The Labute approximate surface area is 135 Å². The monoisotopic (exact) mass is 365 g/mol. The minimum Gasteiger partial charge on any atom is -0.327 e. The van der Waals surface area contributed by atoms with Crippen LogP contribution in [0.5, 0.6) is 0 Å². The van der Waals surface area contributed by atoms with E-state index < -0.39 is 20.0 Å². The van der Waals surface area contributed by atoms with Gasteiger partial charge in [-0.2, -0.15) is 0 Å². The Morgan fingerprint density at radius 1 is 1.19 bits per heavy atom. The van der Waals surface area contributed by atoms with Gasteiger partial charge in [0, 0.05) is 26.2 Å². The fraction of sp³-hybridized carbons (Fsp3) is 1.00. The zero-order valence-electron chi connectivity index (χ0n) is 13.1. The van der Waals surface area contributed by atoms with E-state index in [1.807, 2.05) is 13.8 Å². The summed E-state index contributed by atoms with van der Waals surface area (Å²) in [6.45, 7) is 5.69. The Morgan fingerprint density at radius 3 is 2.14 bits per heavy atom. The molecule has 0 bridgehead atoms. The summed E-state index contributed by atoms with van der Waals surface area (Å²) < 4.78 is 49.8. The van der Waals surface area contributed by atoms with E-state index in [-0.39, 0.29) is 36.5 Å². The summed E-state index contributed by atoms with van der Waals surface area (Å²) in [7, 11) is -5.34. The van der Waals surface area contributed by atoms with E-state index in [0.29, 0.717) is 18.9 Å². The summed E-state index contributed by atoms with van der Waals surface area (Å²) in [6, 6.07) is -0.0498. The van der Waals surface area contributed by atoms with Crippen molar-refractivity contribution >= 4 is 32.5 Å². The molecule has 0 aromatic carbocycles. The van der Waals surface area contributed by atoms with Gasteiger partial charge in [0.05, 0.1) is 11.5 Å². The van der Waals surface area contributed by atoms with Crippen molar-refractivity contribution < 1.29 is 16.8 Å². The van der Waals surface area contributed by atoms with Gasteiger partial charge in [-0.3, -0.25) is 0 Å². The van der Waals surface area contributed by atoms with Crippen molar-refractivity contribution in [1.29, 1.82) is 0 Å². The lowest BCUT2D eigenvalue weighted by Crippen LogP contribution is -2.38. The fourth-order valence-electron chi connectivity index (χ4n) is 1.39. The summed E-state index contributed by atoms with van der Waals surface area (Å²) in [4.78, 5) is 0. The van der Waals surface area contributed by atoms with E-state index in [2.05, 4.69) is 4.72 Å². The minimum atomic E-state index is -3.46. The highest BCUT2D eigenvalue weighted by atomic mass is 35.5. The number of nitrogens with two attached hydrogens (primary N) is 1. The van der Waals surface area contributed by atoms with Crippen molar-refractivity contribution in [2.24, 2.45) is 11.7 Å². The lowest BCUT2D eigenvalue weighted by atomic mass is 10.0. The molecule has 0 rings (SSSR count). The molecule has 0 amide bonds. The van der Waals surface area contributed by atoms with Gasteiger partial charge in [0.25, 0.3) is 0 Å². The van der Waals surface area contributed by atoms with Crippen LogP contribution in [0, 0.1) is 5.92 Å². The zero-order valence-corrected chi connectivity index (χ0v) is 15.5. The smallest absolute Gasteiger partial charge is 0.215 e. The Morgan fingerprint density at radius 2 is 1.71 bits per heavy atom. The summed E-state index contributed by atoms with van der Waals surface area (Å²) in [5.74, 6) is -0.0198. The minimum absolute atomic E-state index is 0. The van der Waals surface area contributed by atoms with Gasteiger partial charge in [0.2, 0.25) is 20.0 Å². The molecule has 21 heavy (non-hydrogen) atoms. The summed E-state index contributed by atoms with van der Waals surface area (Å²) >= 11 is 0. The molecule has 1 unspecified atom stereocenters. The van der Waals surface area contributed by atoms with Gasteiger partial charge in [-0.05, 0) is 19.3 Å². The number of hydrogen-bond acceptors (Lipinski definition) is 5. The van der Waals surface area contributed by atoms with E-state index in [9.17, 15) is 16.8 Å². The van der Waals surface area contributed by atoms with Crippen LogP contribution in [0.3, 0.4) is 0 Å². The molecule has 0 aliphatic carbocycles. The third-order valence-corrected chi connectivity index (χ3v) is 6.43. The van der Waals surface area contributed by atoms with Crippen molar-refractivity contribution in [1.82, 2.24) is 9.03 Å². The van der Waals surface area contributed by atoms with E-state index in [1.54, 1.807) is 0 Å². The Kier molecular flexibility index (Phi) is 11.1. The molecule has 0 aliphatic rings. The molecule has 0 saturated carbocycles. The fourth-order valence-corrected chi connectivity index (χ4v) is 3.19. The maximum Gasteiger partial charge on any atom is 0.215 e. The van der Waals surface area contributed by atoms with Gasteiger partial charge in [-0.25, -0.2) is 25.9 Å². The molecule has 7 nitrogen and oxygen atoms in total. The van der Waals surface area contributed by atoms with Crippen LogP contribution < -0.4 is 10.5 Å². The van der Waals surface area contributed by atoms with Crippen LogP contribution in [0.4, 0.5) is 0 Å². The average Bonchev–Trinajstić information content (AvgIpc) is 2.34. The molecule has 10 heteroatoms. The molecule has 0 fully saturated rings. The number of sulfonamides is 2. The van der Waals surface area contributed by atoms with Crippen LogP contribution in [0.2, 0.25) is 0 Å². The number of nitrogens with zero attached hydrogens (tertiary/aromatic N) is 1. The highest BCUT2D eigenvalue weighted by Gasteiger charge is 2.20. The molecule has 0 aliphatic heterocycles. The Bertz CT molecular complexity index is 480. The van der Waals surface area contributed by atoms with Crippen LogP contribution in [0.15, 0.2) is 0 Å². The Hall–Kier alpha value is 0.0700. The Balaban J connectivity index is 0. The van der Waals surface area contributed by atoms with Crippen molar-refractivity contribution in [3.05, 3.63) is 0 Å². The number of nitrogens with one attached hydrogen (secondary N) is 1. The highest BCUT2D eigenvalue weighted by molar-refractivity contribution is 7.90. The summed E-state index contributed by atoms with van der Waals surface area (Å²) in [6.07, 6.45) is 0.577. The number of hydrogen-bond donors (Lipinski definition) is 2. The van der Waals surface area contributed by atoms with Gasteiger partial charge in [-0.15, -0.1) is 12.4 Å². The second-order valence-electron chi connectivity index (χ2n) is 5.13. The van der Waals surface area contributed by atoms with Crippen LogP contribution in [-0.4, -0.2) is 58.8 Å². The predicted octanol–water partition coefficient (Wildman–Crippen LogP) is -0.0175. The van der Waals surface area contributed by atoms with E-state index in [4.69, 9.17) is 5.73 Å². The molecule has 0 heterocycles. The second kappa shape index (κ2) is 9.96. The van der Waals surface area contributed by atoms with Crippen LogP contribution >= 0.6 is 12.4 Å². The molecule has 3 N–H and O–H groups in total. The van der Waals surface area contributed by atoms with Crippen LogP contribution in [-0.2, 0) is 20.0 Å². The average molecular weight is 366 g/mol. The maximum absolute atomic E-state index is 11.9. The molecule has 0 aromatic rings. The molecule has 0 spiro atoms. The van der Waals surface area contributed by atoms with Crippen molar-refractivity contribution in [3.8, 4) is 0 Å². The first-order chi connectivity index (χ1) is 9.02. The number of halogens is 1. The standard InChI is InChI=1S/C11H27N3O4S2.ClH/c1-5-19(15,16)13-7-9-20(17,18)14(4)8-6-11(12)10(2)3;/h10-11,13H,5-9,12H2,1-4H3;1H. The first-order valence-corrected chi connectivity index (χ1v) is 9.95. The number of rotatable bonds is 10. The van der Waals surface area contributed by atoms with E-state index in [1.165, 1.54) is 18.3 Å². The van der Waals surface area contributed by atoms with Crippen LogP contribution in [0.25, 0.3) is 0 Å². The summed E-state index contributed by atoms with van der Waals surface area (Å²) in [5.41, 5.74) is 5.87. The van der Waals surface area contributed by atoms with E-state index in [0.717, 1.165) is 0 Å². The summed E-state index contributed by atoms with van der Waals surface area (Å²) in [5, 5.41) is 0. The van der Waals surface area contributed by atoms with E-state index >= 15 is 0 Å². The quantitative estimate of drug-likeness (QED) is 0.565. The molecule has 1 atom stereocenters. The highest BCUT2D eigenvalue weighted by Crippen LogP contribution is 2.06. The van der Waals surface area contributed by atoms with Gasteiger partial charge in [0.1, 0.15) is 0 Å². The SMILES string of the molecule is CCS(=O)(=O)NCCS(=O)(=O)N(C)CCC(N)C(C)C.Cl. The first kappa shape index (κ1) is 23.3. The lowest BCUT2D eigenvalue weighted by molar-refractivity contribution is 0.397. The van der Waals surface area contributed by atoms with Gasteiger partial charge in [-0.1, -0.05) is 13.8 Å². The third kappa shape index (κ3) is 9.64. The predicted molar refractivity (Wildman–Crippen MR) is 88.6 cm³/mol.